The first-order chi connectivity index (χ1) is 9.97. The highest BCUT2D eigenvalue weighted by molar-refractivity contribution is 7.80. The Balaban J connectivity index is 1.81. The van der Waals surface area contributed by atoms with E-state index in [1.807, 2.05) is 0 Å². The second-order valence-corrected chi connectivity index (χ2v) is 6.94. The number of likely N-dealkylation sites (tertiary alicyclic amines) is 1. The molecular formula is C17H27N3S. The molecule has 21 heavy (non-hydrogen) atoms. The average Bonchev–Trinajstić information content (AvgIpc) is 2.49. The molecule has 3 nitrogen and oxygen atoms in total. The summed E-state index contributed by atoms with van der Waals surface area (Å²) >= 11 is 5.40. The zero-order valence-corrected chi connectivity index (χ0v) is 14.2. The van der Waals surface area contributed by atoms with Crippen LogP contribution in [0.4, 0.5) is 5.69 Å². The van der Waals surface area contributed by atoms with E-state index in [2.05, 4.69) is 60.6 Å². The zero-order valence-electron chi connectivity index (χ0n) is 13.4. The first kappa shape index (κ1) is 16.2. The van der Waals surface area contributed by atoms with E-state index in [-0.39, 0.29) is 5.54 Å². The summed E-state index contributed by atoms with van der Waals surface area (Å²) in [5, 5.41) is 7.31. The number of anilines is 1. The van der Waals surface area contributed by atoms with Crippen LogP contribution in [0.1, 0.15) is 38.7 Å². The molecule has 0 aliphatic carbocycles. The molecule has 0 radical (unpaired) electrons. The molecule has 1 aromatic rings. The van der Waals surface area contributed by atoms with Crippen molar-refractivity contribution in [1.82, 2.24) is 10.2 Å². The van der Waals surface area contributed by atoms with Crippen molar-refractivity contribution in [3.8, 4) is 0 Å². The second-order valence-electron chi connectivity index (χ2n) is 6.53. The van der Waals surface area contributed by atoms with Crippen LogP contribution in [0, 0.1) is 6.92 Å². The lowest BCUT2D eigenvalue weighted by molar-refractivity contribution is 0.0986. The third-order valence-electron chi connectivity index (χ3n) is 4.20. The molecule has 0 unspecified atom stereocenters. The van der Waals surface area contributed by atoms with E-state index in [0.29, 0.717) is 5.11 Å². The molecule has 0 saturated carbocycles. The van der Waals surface area contributed by atoms with Gasteiger partial charge in [0.1, 0.15) is 0 Å². The molecule has 1 aliphatic heterocycles. The van der Waals surface area contributed by atoms with Crippen LogP contribution in [0.15, 0.2) is 24.3 Å². The lowest BCUT2D eigenvalue weighted by Gasteiger charge is -2.41. The Morgan fingerprint density at radius 2 is 1.76 bits per heavy atom. The first-order valence-electron chi connectivity index (χ1n) is 7.84. The summed E-state index contributed by atoms with van der Waals surface area (Å²) in [6.45, 7) is 9.94. The lowest BCUT2D eigenvalue weighted by atomic mass is 9.98. The Hall–Kier alpha value is -1.13. The molecule has 0 amide bonds. The molecule has 1 aliphatic rings. The van der Waals surface area contributed by atoms with Crippen LogP contribution in [-0.2, 0) is 0 Å². The Kier molecular flexibility index (Phi) is 5.59. The molecular weight excluding hydrogens is 278 g/mol. The van der Waals surface area contributed by atoms with Gasteiger partial charge in [0.15, 0.2) is 5.11 Å². The molecule has 4 heteroatoms. The maximum atomic E-state index is 5.40. The largest absolute Gasteiger partial charge is 0.361 e. The van der Waals surface area contributed by atoms with Crippen LogP contribution in [-0.4, -0.2) is 35.2 Å². The van der Waals surface area contributed by atoms with Gasteiger partial charge >= 0.3 is 0 Å². The van der Waals surface area contributed by atoms with Gasteiger partial charge in [-0.3, -0.25) is 4.90 Å². The fourth-order valence-corrected chi connectivity index (χ4v) is 2.91. The van der Waals surface area contributed by atoms with Gasteiger partial charge in [-0.25, -0.2) is 0 Å². The molecule has 1 aromatic carbocycles. The van der Waals surface area contributed by atoms with E-state index in [1.165, 1.54) is 37.9 Å². The smallest absolute Gasteiger partial charge is 0.170 e. The summed E-state index contributed by atoms with van der Waals surface area (Å²) in [6.07, 6.45) is 4.00. The van der Waals surface area contributed by atoms with Crippen molar-refractivity contribution in [2.45, 2.75) is 45.6 Å². The van der Waals surface area contributed by atoms with Crippen molar-refractivity contribution in [2.75, 3.05) is 25.0 Å². The highest BCUT2D eigenvalue weighted by Gasteiger charge is 2.27. The molecule has 0 spiro atoms. The number of nitrogens with one attached hydrogen (secondary N) is 2. The topological polar surface area (TPSA) is 27.3 Å². The number of hydrogen-bond donors (Lipinski definition) is 2. The van der Waals surface area contributed by atoms with Gasteiger partial charge in [-0.2, -0.15) is 0 Å². The number of aryl methyl sites for hydroxylation is 1. The summed E-state index contributed by atoms with van der Waals surface area (Å²) in [6, 6.07) is 8.28. The number of thiocarbonyl (C=S) groups is 1. The Bertz CT molecular complexity index is 461. The maximum absolute atomic E-state index is 5.40. The average molecular weight is 305 g/mol. The number of nitrogens with zero attached hydrogens (tertiary/aromatic N) is 1. The first-order valence-corrected chi connectivity index (χ1v) is 8.25. The summed E-state index contributed by atoms with van der Waals surface area (Å²) in [7, 11) is 0. The van der Waals surface area contributed by atoms with E-state index in [0.717, 1.165) is 12.2 Å². The minimum absolute atomic E-state index is 0.138. The Morgan fingerprint density at radius 1 is 1.14 bits per heavy atom. The van der Waals surface area contributed by atoms with Gasteiger partial charge in [-0.1, -0.05) is 24.1 Å². The number of hydrogen-bond acceptors (Lipinski definition) is 2. The van der Waals surface area contributed by atoms with Crippen LogP contribution in [0.25, 0.3) is 0 Å². The Labute approximate surface area is 134 Å². The van der Waals surface area contributed by atoms with E-state index in [9.17, 15) is 0 Å². The molecule has 0 atom stereocenters. The van der Waals surface area contributed by atoms with E-state index >= 15 is 0 Å². The number of piperidine rings is 1. The van der Waals surface area contributed by atoms with Crippen LogP contribution in [0.3, 0.4) is 0 Å². The fraction of sp³-hybridized carbons (Fsp3) is 0.588. The molecule has 2 rings (SSSR count). The third kappa shape index (κ3) is 4.97. The van der Waals surface area contributed by atoms with Crippen LogP contribution < -0.4 is 10.6 Å². The third-order valence-corrected chi connectivity index (χ3v) is 4.45. The molecule has 0 bridgehead atoms. The van der Waals surface area contributed by atoms with Gasteiger partial charge in [0.2, 0.25) is 0 Å². The fourth-order valence-electron chi connectivity index (χ4n) is 2.72. The van der Waals surface area contributed by atoms with Crippen molar-refractivity contribution >= 4 is 23.0 Å². The highest BCUT2D eigenvalue weighted by Crippen LogP contribution is 2.19. The predicted molar refractivity (Wildman–Crippen MR) is 94.9 cm³/mol. The molecule has 116 valence electrons. The second kappa shape index (κ2) is 7.23. The molecule has 0 aromatic heterocycles. The van der Waals surface area contributed by atoms with Gasteiger partial charge in [-0.15, -0.1) is 0 Å². The minimum Gasteiger partial charge on any atom is -0.361 e. The van der Waals surface area contributed by atoms with E-state index < -0.39 is 0 Å². The van der Waals surface area contributed by atoms with Gasteiger partial charge < -0.3 is 10.6 Å². The SMILES string of the molecule is Cc1ccc(NC(=S)NCC(C)(C)N2CCCCC2)cc1. The number of benzene rings is 1. The van der Waals surface area contributed by atoms with Gasteiger partial charge in [0, 0.05) is 17.8 Å². The molecule has 1 saturated heterocycles. The number of rotatable bonds is 4. The highest BCUT2D eigenvalue weighted by atomic mass is 32.1. The van der Waals surface area contributed by atoms with Crippen molar-refractivity contribution in [1.29, 1.82) is 0 Å². The van der Waals surface area contributed by atoms with Crippen molar-refractivity contribution in [3.05, 3.63) is 29.8 Å². The monoisotopic (exact) mass is 305 g/mol. The van der Waals surface area contributed by atoms with Crippen LogP contribution >= 0.6 is 12.2 Å². The van der Waals surface area contributed by atoms with E-state index in [4.69, 9.17) is 12.2 Å². The van der Waals surface area contributed by atoms with Gasteiger partial charge in [0.25, 0.3) is 0 Å². The van der Waals surface area contributed by atoms with Crippen molar-refractivity contribution in [2.24, 2.45) is 0 Å². The standard InChI is InChI=1S/C17H27N3S/c1-14-7-9-15(10-8-14)19-16(21)18-13-17(2,3)20-11-5-4-6-12-20/h7-10H,4-6,11-13H2,1-3H3,(H2,18,19,21). The molecule has 1 heterocycles. The molecule has 2 N–H and O–H groups in total. The Morgan fingerprint density at radius 3 is 2.38 bits per heavy atom. The van der Waals surface area contributed by atoms with Crippen molar-refractivity contribution < 1.29 is 0 Å². The summed E-state index contributed by atoms with van der Waals surface area (Å²) < 4.78 is 0. The predicted octanol–water partition coefficient (Wildman–Crippen LogP) is 3.55. The van der Waals surface area contributed by atoms with Crippen LogP contribution in [0.5, 0.6) is 0 Å². The normalized spacial score (nSPS) is 16.5. The minimum atomic E-state index is 0.138. The van der Waals surface area contributed by atoms with Crippen molar-refractivity contribution in [3.63, 3.8) is 0 Å². The summed E-state index contributed by atoms with van der Waals surface area (Å²) in [4.78, 5) is 2.57. The lowest BCUT2D eigenvalue weighted by Crippen LogP contribution is -2.53. The molecule has 1 fully saturated rings. The summed E-state index contributed by atoms with van der Waals surface area (Å²) in [5.41, 5.74) is 2.43. The summed E-state index contributed by atoms with van der Waals surface area (Å²) in [5.74, 6) is 0. The van der Waals surface area contributed by atoms with Crippen LogP contribution in [0.2, 0.25) is 0 Å². The quantitative estimate of drug-likeness (QED) is 0.832. The van der Waals surface area contributed by atoms with E-state index in [1.54, 1.807) is 0 Å². The maximum Gasteiger partial charge on any atom is 0.170 e. The van der Waals surface area contributed by atoms with Gasteiger partial charge in [0.05, 0.1) is 0 Å². The zero-order chi connectivity index (χ0) is 15.3. The van der Waals surface area contributed by atoms with Gasteiger partial charge in [-0.05, 0) is 71.1 Å².